The number of hydrogen-bond acceptors (Lipinski definition) is 5. The Morgan fingerprint density at radius 1 is 1.09 bits per heavy atom. The summed E-state index contributed by atoms with van der Waals surface area (Å²) in [7, 11) is 3.83. The number of benzene rings is 2. The maximum atomic E-state index is 13.0. The predicted molar refractivity (Wildman–Crippen MR) is 119 cm³/mol. The normalized spacial score (nSPS) is 11.8. The molecule has 0 aliphatic rings. The number of hydrogen-bond donors (Lipinski definition) is 1. The fourth-order valence-corrected chi connectivity index (χ4v) is 4.11. The quantitative estimate of drug-likeness (QED) is 0.441. The number of thioether (sulfide) groups is 1. The van der Waals surface area contributed by atoms with Crippen LogP contribution in [0.2, 0.25) is 0 Å². The number of nitrogens with zero attached hydrogens (tertiary/aromatic N) is 4. The van der Waals surface area contributed by atoms with Gasteiger partial charge in [-0.3, -0.25) is 9.55 Å². The van der Waals surface area contributed by atoms with Crippen molar-refractivity contribution < 1.29 is 18.3 Å². The summed E-state index contributed by atoms with van der Waals surface area (Å²) < 4.78 is 40.1. The number of anilines is 1. The van der Waals surface area contributed by atoms with Crippen LogP contribution < -0.4 is 10.6 Å². The van der Waals surface area contributed by atoms with E-state index in [9.17, 15) is 23.1 Å². The average molecular weight is 460 g/mol. The summed E-state index contributed by atoms with van der Waals surface area (Å²) in [5, 5.41) is 11.3. The van der Waals surface area contributed by atoms with Crippen LogP contribution in [-0.4, -0.2) is 38.8 Å². The van der Waals surface area contributed by atoms with Gasteiger partial charge in [-0.25, -0.2) is 9.36 Å². The number of aromatic hydroxyl groups is 1. The van der Waals surface area contributed by atoms with Crippen molar-refractivity contribution in [1.29, 1.82) is 0 Å². The van der Waals surface area contributed by atoms with Gasteiger partial charge in [0.25, 0.3) is 0 Å². The summed E-state index contributed by atoms with van der Waals surface area (Å²) in [6.45, 7) is 0.186. The molecule has 10 heteroatoms. The van der Waals surface area contributed by atoms with Gasteiger partial charge in [-0.1, -0.05) is 6.07 Å². The first-order chi connectivity index (χ1) is 15.1. The molecular formula is C22H19F3N4O2S. The van der Waals surface area contributed by atoms with Crippen LogP contribution >= 0.6 is 11.8 Å². The predicted octanol–water partition coefficient (Wildman–Crippen LogP) is 4.62. The van der Waals surface area contributed by atoms with Crippen LogP contribution in [0.3, 0.4) is 0 Å². The van der Waals surface area contributed by atoms with E-state index >= 15 is 0 Å². The molecule has 166 valence electrons. The molecule has 2 aromatic carbocycles. The van der Waals surface area contributed by atoms with Crippen LogP contribution in [0.25, 0.3) is 16.6 Å². The number of alkyl halides is 3. The van der Waals surface area contributed by atoms with E-state index in [1.807, 2.05) is 43.3 Å². The Hall–Kier alpha value is -3.40. The molecule has 4 aromatic rings. The van der Waals surface area contributed by atoms with Crippen LogP contribution in [-0.2, 0) is 6.54 Å². The van der Waals surface area contributed by atoms with Gasteiger partial charge in [0.05, 0.1) is 23.9 Å². The first-order valence-electron chi connectivity index (χ1n) is 9.55. The second kappa shape index (κ2) is 8.27. The molecule has 0 amide bonds. The molecule has 0 aliphatic heterocycles. The molecular weight excluding hydrogens is 441 g/mol. The number of imidazole rings is 1. The molecule has 0 aliphatic carbocycles. The molecule has 0 saturated carbocycles. The lowest BCUT2D eigenvalue weighted by atomic mass is 10.1. The molecule has 0 saturated heterocycles. The number of halogens is 3. The van der Waals surface area contributed by atoms with Gasteiger partial charge >= 0.3 is 11.2 Å². The Morgan fingerprint density at radius 2 is 1.81 bits per heavy atom. The maximum absolute atomic E-state index is 13.0. The first kappa shape index (κ1) is 21.8. The van der Waals surface area contributed by atoms with Crippen molar-refractivity contribution in [3.05, 3.63) is 77.0 Å². The summed E-state index contributed by atoms with van der Waals surface area (Å²) in [6, 6.07) is 12.8. The van der Waals surface area contributed by atoms with Gasteiger partial charge in [0, 0.05) is 36.3 Å². The van der Waals surface area contributed by atoms with E-state index in [4.69, 9.17) is 0 Å². The number of fused-ring (bicyclic) bond motifs is 1. The Morgan fingerprint density at radius 3 is 2.47 bits per heavy atom. The lowest BCUT2D eigenvalue weighted by Gasteiger charge is -2.17. The average Bonchev–Trinajstić information content (AvgIpc) is 3.00. The second-order valence-electron chi connectivity index (χ2n) is 7.31. The van der Waals surface area contributed by atoms with Gasteiger partial charge in [0.15, 0.2) is 0 Å². The molecule has 32 heavy (non-hydrogen) atoms. The molecule has 0 spiro atoms. The third-order valence-electron chi connectivity index (χ3n) is 4.92. The minimum Gasteiger partial charge on any atom is -0.493 e. The zero-order valence-corrected chi connectivity index (χ0v) is 18.0. The van der Waals surface area contributed by atoms with Crippen LogP contribution in [0.1, 0.15) is 5.56 Å². The van der Waals surface area contributed by atoms with Crippen LogP contribution in [0, 0.1) is 0 Å². The van der Waals surface area contributed by atoms with E-state index in [0.29, 0.717) is 0 Å². The van der Waals surface area contributed by atoms with E-state index in [0.717, 1.165) is 26.7 Å². The van der Waals surface area contributed by atoms with Gasteiger partial charge < -0.3 is 10.0 Å². The smallest absolute Gasteiger partial charge is 0.446 e. The highest BCUT2D eigenvalue weighted by Crippen LogP contribution is 2.37. The van der Waals surface area contributed by atoms with E-state index in [1.54, 1.807) is 6.20 Å². The van der Waals surface area contributed by atoms with Crippen molar-refractivity contribution in [2.45, 2.75) is 16.9 Å². The van der Waals surface area contributed by atoms with Crippen molar-refractivity contribution in [1.82, 2.24) is 14.1 Å². The fraction of sp³-hybridized carbons (Fsp3) is 0.182. The number of pyridine rings is 1. The Bertz CT molecular complexity index is 1320. The van der Waals surface area contributed by atoms with E-state index in [1.165, 1.54) is 35.0 Å². The molecule has 1 N–H and O–H groups in total. The largest absolute Gasteiger partial charge is 0.493 e. The Balaban J connectivity index is 1.72. The van der Waals surface area contributed by atoms with Crippen molar-refractivity contribution >= 4 is 28.4 Å². The summed E-state index contributed by atoms with van der Waals surface area (Å²) >= 11 is -0.240. The minimum atomic E-state index is -4.40. The maximum Gasteiger partial charge on any atom is 0.446 e. The first-order valence-corrected chi connectivity index (χ1v) is 10.4. The molecule has 2 aromatic heterocycles. The number of rotatable bonds is 5. The van der Waals surface area contributed by atoms with E-state index in [-0.39, 0.29) is 34.8 Å². The molecule has 0 radical (unpaired) electrons. The molecule has 2 heterocycles. The molecule has 0 unspecified atom stereocenters. The molecule has 0 bridgehead atoms. The van der Waals surface area contributed by atoms with Gasteiger partial charge in [-0.2, -0.15) is 13.2 Å². The summed E-state index contributed by atoms with van der Waals surface area (Å²) in [5.74, 6) is -0.308. The van der Waals surface area contributed by atoms with Gasteiger partial charge in [-0.15, -0.1) is 0 Å². The SMILES string of the molecule is CN(C)c1cccc2nccc(Cn3cc(O)n(-c4ccc(SC(F)(F)F)cc4)c3=O)c12. The molecule has 4 rings (SSSR count). The van der Waals surface area contributed by atoms with Gasteiger partial charge in [0.2, 0.25) is 5.88 Å². The monoisotopic (exact) mass is 460 g/mol. The number of aromatic nitrogens is 3. The zero-order chi connectivity index (χ0) is 23.0. The standard InChI is InChI=1S/C22H19F3N4O2S/c1-27(2)18-5-3-4-17-20(18)14(10-11-26-17)12-28-13-19(30)29(21(28)31)15-6-8-16(9-7-15)32-22(23,24)25/h3-11,13,30H,12H2,1-2H3. The topological polar surface area (TPSA) is 63.3 Å². The lowest BCUT2D eigenvalue weighted by Crippen LogP contribution is -2.23. The second-order valence-corrected chi connectivity index (χ2v) is 8.45. The zero-order valence-electron chi connectivity index (χ0n) is 17.2. The summed E-state index contributed by atoms with van der Waals surface area (Å²) in [6.07, 6.45) is 2.97. The van der Waals surface area contributed by atoms with E-state index in [2.05, 4.69) is 4.98 Å². The molecule has 0 atom stereocenters. The highest BCUT2D eigenvalue weighted by atomic mass is 32.2. The Labute approximate surface area is 185 Å². The fourth-order valence-electron chi connectivity index (χ4n) is 3.58. The van der Waals surface area contributed by atoms with Gasteiger partial charge in [-0.05, 0) is 59.8 Å². The third kappa shape index (κ3) is 4.31. The lowest BCUT2D eigenvalue weighted by molar-refractivity contribution is -0.0328. The van der Waals surface area contributed by atoms with Crippen molar-refractivity contribution in [3.63, 3.8) is 0 Å². The van der Waals surface area contributed by atoms with Crippen molar-refractivity contribution in [3.8, 4) is 11.6 Å². The van der Waals surface area contributed by atoms with Crippen LogP contribution in [0.5, 0.6) is 5.88 Å². The van der Waals surface area contributed by atoms with E-state index < -0.39 is 11.2 Å². The van der Waals surface area contributed by atoms with Gasteiger partial charge in [0.1, 0.15) is 0 Å². The third-order valence-corrected chi connectivity index (χ3v) is 5.66. The van der Waals surface area contributed by atoms with Crippen LogP contribution in [0.4, 0.5) is 18.9 Å². The van der Waals surface area contributed by atoms with Crippen molar-refractivity contribution in [2.24, 2.45) is 0 Å². The summed E-state index contributed by atoms with van der Waals surface area (Å²) in [4.78, 5) is 19.4. The highest BCUT2D eigenvalue weighted by Gasteiger charge is 2.29. The Kier molecular flexibility index (Phi) is 5.64. The highest BCUT2D eigenvalue weighted by molar-refractivity contribution is 8.00. The minimum absolute atomic E-state index is 0.00677. The molecule has 6 nitrogen and oxygen atoms in total. The van der Waals surface area contributed by atoms with Crippen molar-refractivity contribution in [2.75, 3.05) is 19.0 Å². The molecule has 0 fully saturated rings. The summed E-state index contributed by atoms with van der Waals surface area (Å²) in [5.41, 5.74) is -2.07. The van der Waals surface area contributed by atoms with Crippen LogP contribution in [0.15, 0.2) is 70.6 Å².